The minimum absolute atomic E-state index is 0. The van der Waals surface area contributed by atoms with Gasteiger partial charge in [-0.25, -0.2) is 0 Å². The van der Waals surface area contributed by atoms with Crippen LogP contribution in [0.5, 0.6) is 5.75 Å². The van der Waals surface area contributed by atoms with Gasteiger partial charge in [-0.2, -0.15) is 0 Å². The Hall–Kier alpha value is -1.51. The fraction of sp³-hybridized carbons (Fsp3) is 0.600. The first-order valence-electron chi connectivity index (χ1n) is 9.58. The van der Waals surface area contributed by atoms with E-state index in [4.69, 9.17) is 4.74 Å². The minimum Gasteiger partial charge on any atom is -0.497 e. The predicted molar refractivity (Wildman–Crippen MR) is 121 cm³/mol. The molecule has 0 aromatic heterocycles. The highest BCUT2D eigenvalue weighted by atomic mass is 127. The van der Waals surface area contributed by atoms with Gasteiger partial charge in [0, 0.05) is 32.6 Å². The van der Waals surface area contributed by atoms with Crippen LogP contribution in [0.4, 0.5) is 0 Å². The van der Waals surface area contributed by atoms with Crippen LogP contribution in [0.2, 0.25) is 0 Å². The number of nitrogens with zero attached hydrogens (tertiary/aromatic N) is 1. The fourth-order valence-electron chi connectivity index (χ4n) is 3.21. The van der Waals surface area contributed by atoms with Crippen molar-refractivity contribution in [3.05, 3.63) is 29.8 Å². The Morgan fingerprint density at radius 3 is 2.30 bits per heavy atom. The van der Waals surface area contributed by atoms with Gasteiger partial charge in [0.2, 0.25) is 5.91 Å². The van der Waals surface area contributed by atoms with Crippen molar-refractivity contribution in [2.75, 3.05) is 33.8 Å². The Morgan fingerprint density at radius 2 is 1.67 bits per heavy atom. The molecule has 0 unspecified atom stereocenters. The van der Waals surface area contributed by atoms with Crippen LogP contribution in [-0.2, 0) is 11.2 Å². The summed E-state index contributed by atoms with van der Waals surface area (Å²) in [7, 11) is 3.42. The number of hydrogen-bond donors (Lipinski definition) is 3. The van der Waals surface area contributed by atoms with E-state index in [0.717, 1.165) is 37.5 Å². The number of nitrogens with one attached hydrogen (secondary N) is 3. The Bertz CT molecular complexity index is 572. The molecule has 1 saturated carbocycles. The molecule has 0 atom stereocenters. The van der Waals surface area contributed by atoms with E-state index in [1.165, 1.54) is 24.8 Å². The summed E-state index contributed by atoms with van der Waals surface area (Å²) in [6.45, 7) is 2.08. The van der Waals surface area contributed by atoms with E-state index in [0.29, 0.717) is 13.1 Å². The van der Waals surface area contributed by atoms with Gasteiger partial charge in [-0.05, 0) is 37.0 Å². The van der Waals surface area contributed by atoms with Crippen LogP contribution in [0.3, 0.4) is 0 Å². The summed E-state index contributed by atoms with van der Waals surface area (Å²) in [5, 5.41) is 9.56. The molecule has 2 rings (SSSR count). The lowest BCUT2D eigenvalue weighted by Crippen LogP contribution is -2.43. The van der Waals surface area contributed by atoms with Gasteiger partial charge in [0.15, 0.2) is 5.96 Å². The molecule has 3 N–H and O–H groups in total. The number of rotatable bonds is 8. The number of methoxy groups -OCH3 is 1. The third-order valence-corrected chi connectivity index (χ3v) is 4.78. The van der Waals surface area contributed by atoms with E-state index in [2.05, 4.69) is 33.1 Å². The third kappa shape index (κ3) is 8.81. The highest BCUT2D eigenvalue weighted by molar-refractivity contribution is 14.0. The summed E-state index contributed by atoms with van der Waals surface area (Å²) in [5.74, 6) is 2.04. The largest absolute Gasteiger partial charge is 0.497 e. The van der Waals surface area contributed by atoms with Crippen LogP contribution in [-0.4, -0.2) is 45.7 Å². The number of guanidine groups is 1. The van der Waals surface area contributed by atoms with Crippen LogP contribution in [0, 0.1) is 5.92 Å². The number of benzene rings is 1. The summed E-state index contributed by atoms with van der Waals surface area (Å²) < 4.78 is 5.16. The zero-order chi connectivity index (χ0) is 18.6. The summed E-state index contributed by atoms with van der Waals surface area (Å²) in [6, 6.07) is 8.07. The van der Waals surface area contributed by atoms with E-state index in [1.807, 2.05) is 12.1 Å². The molecule has 1 aliphatic carbocycles. The molecular weight excluding hydrogens is 455 g/mol. The van der Waals surface area contributed by atoms with Crippen molar-refractivity contribution < 1.29 is 9.53 Å². The van der Waals surface area contributed by atoms with Gasteiger partial charge in [0.05, 0.1) is 7.11 Å². The summed E-state index contributed by atoms with van der Waals surface area (Å²) in [4.78, 5) is 16.3. The molecule has 1 aliphatic rings. The minimum atomic E-state index is 0. The standard InChI is InChI=1S/C20H32N4O2.HI/c1-21-20(23-13-12-16-8-10-18(26-2)11-9-16)24-15-14-22-19(25)17-6-4-3-5-7-17;/h8-11,17H,3-7,12-15H2,1-2H3,(H,22,25)(H2,21,23,24);1H. The first kappa shape index (κ1) is 23.5. The maximum absolute atomic E-state index is 12.1. The van der Waals surface area contributed by atoms with Crippen LogP contribution in [0.25, 0.3) is 0 Å². The van der Waals surface area contributed by atoms with Gasteiger partial charge in [-0.15, -0.1) is 24.0 Å². The second-order valence-electron chi connectivity index (χ2n) is 6.65. The zero-order valence-corrected chi connectivity index (χ0v) is 18.8. The van der Waals surface area contributed by atoms with Crippen LogP contribution >= 0.6 is 24.0 Å². The van der Waals surface area contributed by atoms with Crippen molar-refractivity contribution in [2.24, 2.45) is 10.9 Å². The van der Waals surface area contributed by atoms with Crippen molar-refractivity contribution in [1.82, 2.24) is 16.0 Å². The molecular formula is C20H33IN4O2. The molecule has 6 nitrogen and oxygen atoms in total. The van der Waals surface area contributed by atoms with Crippen molar-refractivity contribution in [1.29, 1.82) is 0 Å². The van der Waals surface area contributed by atoms with Crippen molar-refractivity contribution >= 4 is 35.8 Å². The Balaban J connectivity index is 0.00000364. The average Bonchev–Trinajstić information content (AvgIpc) is 2.70. The normalized spacial score (nSPS) is 14.8. The lowest BCUT2D eigenvalue weighted by atomic mass is 9.89. The Kier molecular flexibility index (Phi) is 11.9. The van der Waals surface area contributed by atoms with E-state index < -0.39 is 0 Å². The van der Waals surface area contributed by atoms with Gasteiger partial charge in [0.25, 0.3) is 0 Å². The SMILES string of the molecule is CN=C(NCCNC(=O)C1CCCCC1)NCCc1ccc(OC)cc1.I. The molecule has 0 aliphatic heterocycles. The number of halogens is 1. The molecule has 152 valence electrons. The molecule has 0 heterocycles. The number of hydrogen-bond acceptors (Lipinski definition) is 3. The number of carbonyl (C=O) groups is 1. The van der Waals surface area contributed by atoms with Crippen molar-refractivity contribution in [3.63, 3.8) is 0 Å². The lowest BCUT2D eigenvalue weighted by molar-refractivity contribution is -0.125. The number of carbonyl (C=O) groups excluding carboxylic acids is 1. The van der Waals surface area contributed by atoms with Crippen LogP contribution in [0.1, 0.15) is 37.7 Å². The summed E-state index contributed by atoms with van der Waals surface area (Å²) in [5.41, 5.74) is 1.24. The highest BCUT2D eigenvalue weighted by Crippen LogP contribution is 2.23. The second-order valence-corrected chi connectivity index (χ2v) is 6.65. The maximum Gasteiger partial charge on any atom is 0.223 e. The topological polar surface area (TPSA) is 74.8 Å². The Labute approximate surface area is 179 Å². The van der Waals surface area contributed by atoms with Gasteiger partial charge >= 0.3 is 0 Å². The molecule has 0 bridgehead atoms. The highest BCUT2D eigenvalue weighted by Gasteiger charge is 2.20. The molecule has 27 heavy (non-hydrogen) atoms. The van der Waals surface area contributed by atoms with E-state index in [1.54, 1.807) is 14.2 Å². The Morgan fingerprint density at radius 1 is 1.04 bits per heavy atom. The first-order valence-corrected chi connectivity index (χ1v) is 9.58. The third-order valence-electron chi connectivity index (χ3n) is 4.78. The quantitative estimate of drug-likeness (QED) is 0.228. The number of ether oxygens (including phenoxy) is 1. The maximum atomic E-state index is 12.1. The molecule has 0 spiro atoms. The lowest BCUT2D eigenvalue weighted by Gasteiger charge is -2.21. The fourth-order valence-corrected chi connectivity index (χ4v) is 3.21. The van der Waals surface area contributed by atoms with E-state index in [9.17, 15) is 4.79 Å². The zero-order valence-electron chi connectivity index (χ0n) is 16.4. The predicted octanol–water partition coefficient (Wildman–Crippen LogP) is 2.72. The summed E-state index contributed by atoms with van der Waals surface area (Å²) >= 11 is 0. The molecule has 1 fully saturated rings. The second kappa shape index (κ2) is 13.6. The molecule has 0 saturated heterocycles. The molecule has 1 aromatic carbocycles. The first-order chi connectivity index (χ1) is 12.7. The van der Waals surface area contributed by atoms with Crippen molar-refractivity contribution in [2.45, 2.75) is 38.5 Å². The van der Waals surface area contributed by atoms with Crippen LogP contribution in [0.15, 0.2) is 29.3 Å². The smallest absolute Gasteiger partial charge is 0.223 e. The number of aliphatic imine (C=N–C) groups is 1. The van der Waals surface area contributed by atoms with Gasteiger partial charge in [0.1, 0.15) is 5.75 Å². The van der Waals surface area contributed by atoms with Crippen LogP contribution < -0.4 is 20.7 Å². The summed E-state index contributed by atoms with van der Waals surface area (Å²) in [6.07, 6.45) is 6.61. The molecule has 1 aromatic rings. The molecule has 7 heteroatoms. The van der Waals surface area contributed by atoms with Gasteiger partial charge < -0.3 is 20.7 Å². The van der Waals surface area contributed by atoms with E-state index in [-0.39, 0.29) is 35.8 Å². The molecule has 0 radical (unpaired) electrons. The average molecular weight is 488 g/mol. The molecule has 1 amide bonds. The van der Waals surface area contributed by atoms with Gasteiger partial charge in [-0.3, -0.25) is 9.79 Å². The van der Waals surface area contributed by atoms with Gasteiger partial charge in [-0.1, -0.05) is 31.4 Å². The number of amides is 1. The van der Waals surface area contributed by atoms with Crippen molar-refractivity contribution in [3.8, 4) is 5.75 Å². The monoisotopic (exact) mass is 488 g/mol. The van der Waals surface area contributed by atoms with E-state index >= 15 is 0 Å².